The zero-order valence-corrected chi connectivity index (χ0v) is 14.4. The Hall–Kier alpha value is -2.68. The largest absolute Gasteiger partial charge is 0.417 e. The molecule has 0 aliphatic carbocycles. The summed E-state index contributed by atoms with van der Waals surface area (Å²) in [5, 5.41) is 11.3. The van der Waals surface area contributed by atoms with Crippen LogP contribution in [0.2, 0.25) is 0 Å². The van der Waals surface area contributed by atoms with Crippen LogP contribution in [-0.4, -0.2) is 34.4 Å². The van der Waals surface area contributed by atoms with Crippen molar-refractivity contribution >= 4 is 16.9 Å². The van der Waals surface area contributed by atoms with Gasteiger partial charge < -0.3 is 10.2 Å². The molecular formula is C18H18F3N5O. The van der Waals surface area contributed by atoms with E-state index in [9.17, 15) is 13.2 Å². The fraction of sp³-hybridized carbons (Fsp3) is 0.389. The number of pyridine rings is 1. The second-order valence-electron chi connectivity index (χ2n) is 6.62. The van der Waals surface area contributed by atoms with Crippen molar-refractivity contribution in [2.45, 2.75) is 31.6 Å². The predicted octanol–water partition coefficient (Wildman–Crippen LogP) is 3.40. The summed E-state index contributed by atoms with van der Waals surface area (Å²) in [6, 6.07) is 8.44. The molecule has 1 atom stereocenters. The Bertz CT molecular complexity index is 909. The lowest BCUT2D eigenvalue weighted by Gasteiger charge is -2.34. The Balaban J connectivity index is 1.40. The minimum Gasteiger partial charge on any atom is -0.355 e. The molecule has 0 saturated carbocycles. The van der Waals surface area contributed by atoms with Gasteiger partial charge in [-0.2, -0.15) is 13.2 Å². The van der Waals surface area contributed by atoms with Gasteiger partial charge in [-0.15, -0.1) is 0 Å². The molecule has 0 spiro atoms. The average molecular weight is 377 g/mol. The van der Waals surface area contributed by atoms with E-state index < -0.39 is 11.7 Å². The molecule has 1 fully saturated rings. The average Bonchev–Trinajstić information content (AvgIpc) is 3.15. The quantitative estimate of drug-likeness (QED) is 0.752. The molecule has 9 heteroatoms. The van der Waals surface area contributed by atoms with Crippen molar-refractivity contribution in [1.82, 2.24) is 20.6 Å². The molecule has 3 heterocycles. The SMILES string of the molecule is FC(F)(F)c1ccc(N2CCCC(NCc3cccc4nonc34)C2)nc1. The van der Waals surface area contributed by atoms with Crippen molar-refractivity contribution in [2.75, 3.05) is 18.0 Å². The first-order valence-electron chi connectivity index (χ1n) is 8.72. The van der Waals surface area contributed by atoms with Crippen molar-refractivity contribution in [3.05, 3.63) is 47.7 Å². The van der Waals surface area contributed by atoms with Crippen LogP contribution in [0.1, 0.15) is 24.0 Å². The minimum absolute atomic E-state index is 0.206. The second kappa shape index (κ2) is 7.15. The highest BCUT2D eigenvalue weighted by atomic mass is 19.4. The van der Waals surface area contributed by atoms with Crippen LogP contribution < -0.4 is 10.2 Å². The van der Waals surface area contributed by atoms with Crippen LogP contribution in [0.5, 0.6) is 0 Å². The van der Waals surface area contributed by atoms with Crippen LogP contribution in [0.25, 0.3) is 11.0 Å². The lowest BCUT2D eigenvalue weighted by Crippen LogP contribution is -2.45. The van der Waals surface area contributed by atoms with Crippen LogP contribution in [0.4, 0.5) is 19.0 Å². The number of aromatic nitrogens is 3. The van der Waals surface area contributed by atoms with E-state index in [-0.39, 0.29) is 6.04 Å². The molecule has 3 aromatic rings. The number of halogens is 3. The first kappa shape index (κ1) is 17.7. The summed E-state index contributed by atoms with van der Waals surface area (Å²) in [7, 11) is 0. The van der Waals surface area contributed by atoms with Crippen molar-refractivity contribution in [3.8, 4) is 0 Å². The number of hydrogen-bond donors (Lipinski definition) is 1. The molecule has 0 amide bonds. The van der Waals surface area contributed by atoms with E-state index >= 15 is 0 Å². The van der Waals surface area contributed by atoms with Gasteiger partial charge in [0.2, 0.25) is 0 Å². The summed E-state index contributed by atoms with van der Waals surface area (Å²) in [4.78, 5) is 6.02. The highest BCUT2D eigenvalue weighted by molar-refractivity contribution is 5.76. The molecule has 0 bridgehead atoms. The van der Waals surface area contributed by atoms with Gasteiger partial charge in [0.1, 0.15) is 16.9 Å². The number of nitrogens with zero attached hydrogens (tertiary/aromatic N) is 4. The van der Waals surface area contributed by atoms with E-state index in [1.165, 1.54) is 6.07 Å². The van der Waals surface area contributed by atoms with Gasteiger partial charge in [-0.1, -0.05) is 12.1 Å². The summed E-state index contributed by atoms with van der Waals surface area (Å²) in [6.07, 6.45) is -1.54. The maximum Gasteiger partial charge on any atom is 0.417 e. The molecule has 1 aromatic carbocycles. The van der Waals surface area contributed by atoms with E-state index in [4.69, 9.17) is 4.63 Å². The fourth-order valence-corrected chi connectivity index (χ4v) is 3.35. The van der Waals surface area contributed by atoms with Crippen molar-refractivity contribution in [1.29, 1.82) is 0 Å². The van der Waals surface area contributed by atoms with E-state index in [2.05, 4.69) is 20.6 Å². The summed E-state index contributed by atoms with van der Waals surface area (Å²) >= 11 is 0. The first-order chi connectivity index (χ1) is 13.0. The third-order valence-corrected chi connectivity index (χ3v) is 4.77. The number of fused-ring (bicyclic) bond motifs is 1. The number of piperidine rings is 1. The van der Waals surface area contributed by atoms with Crippen molar-refractivity contribution < 1.29 is 17.8 Å². The van der Waals surface area contributed by atoms with E-state index in [0.717, 1.165) is 42.7 Å². The van der Waals surface area contributed by atoms with Crippen molar-refractivity contribution in [3.63, 3.8) is 0 Å². The summed E-state index contributed by atoms with van der Waals surface area (Å²) < 4.78 is 42.9. The third kappa shape index (κ3) is 3.87. The minimum atomic E-state index is -4.37. The van der Waals surface area contributed by atoms with Crippen LogP contribution >= 0.6 is 0 Å². The molecule has 4 rings (SSSR count). The molecule has 6 nitrogen and oxygen atoms in total. The van der Waals surface area contributed by atoms with Crippen molar-refractivity contribution in [2.24, 2.45) is 0 Å². The van der Waals surface area contributed by atoms with Crippen LogP contribution in [0.15, 0.2) is 41.2 Å². The first-order valence-corrected chi connectivity index (χ1v) is 8.72. The van der Waals surface area contributed by atoms with Crippen LogP contribution in [-0.2, 0) is 12.7 Å². The van der Waals surface area contributed by atoms with Gasteiger partial charge in [0.15, 0.2) is 0 Å². The molecule has 1 saturated heterocycles. The Morgan fingerprint density at radius 2 is 2.07 bits per heavy atom. The number of hydrogen-bond acceptors (Lipinski definition) is 6. The summed E-state index contributed by atoms with van der Waals surface area (Å²) in [5.74, 6) is 0.567. The number of rotatable bonds is 4. The highest BCUT2D eigenvalue weighted by Gasteiger charge is 2.31. The van der Waals surface area contributed by atoms with Crippen LogP contribution in [0.3, 0.4) is 0 Å². The molecular weight excluding hydrogens is 359 g/mol. The molecule has 1 aliphatic rings. The maximum absolute atomic E-state index is 12.7. The summed E-state index contributed by atoms with van der Waals surface area (Å²) in [5.41, 5.74) is 1.72. The van der Waals surface area contributed by atoms with Crippen LogP contribution in [0, 0.1) is 0 Å². The molecule has 27 heavy (non-hydrogen) atoms. The third-order valence-electron chi connectivity index (χ3n) is 4.77. The Morgan fingerprint density at radius 1 is 1.19 bits per heavy atom. The molecule has 1 N–H and O–H groups in total. The van der Waals surface area contributed by atoms with Gasteiger partial charge in [0.25, 0.3) is 0 Å². The molecule has 1 aliphatic heterocycles. The zero-order valence-electron chi connectivity index (χ0n) is 14.4. The standard InChI is InChI=1S/C18H18F3N5O/c19-18(20,21)13-6-7-16(23-10-13)26-8-2-4-14(11-26)22-9-12-3-1-5-15-17(12)25-27-24-15/h1,3,5-7,10,14,22H,2,4,8-9,11H2. The van der Waals surface area contributed by atoms with Gasteiger partial charge >= 0.3 is 6.18 Å². The predicted molar refractivity (Wildman–Crippen MR) is 93.1 cm³/mol. The molecule has 142 valence electrons. The Kier molecular flexibility index (Phi) is 4.69. The van der Waals surface area contributed by atoms with Gasteiger partial charge in [-0.05, 0) is 46.9 Å². The van der Waals surface area contributed by atoms with Gasteiger partial charge in [-0.3, -0.25) is 0 Å². The summed E-state index contributed by atoms with van der Waals surface area (Å²) in [6.45, 7) is 2.08. The van der Waals surface area contributed by atoms with E-state index in [0.29, 0.717) is 24.4 Å². The fourth-order valence-electron chi connectivity index (χ4n) is 3.35. The number of nitrogens with one attached hydrogen (secondary N) is 1. The highest BCUT2D eigenvalue weighted by Crippen LogP contribution is 2.29. The normalized spacial score (nSPS) is 18.2. The number of benzene rings is 1. The number of anilines is 1. The van der Waals surface area contributed by atoms with Gasteiger partial charge in [0.05, 0.1) is 5.56 Å². The smallest absolute Gasteiger partial charge is 0.355 e. The molecule has 0 radical (unpaired) electrons. The lowest BCUT2D eigenvalue weighted by molar-refractivity contribution is -0.137. The molecule has 1 unspecified atom stereocenters. The monoisotopic (exact) mass is 377 g/mol. The lowest BCUT2D eigenvalue weighted by atomic mass is 10.0. The number of alkyl halides is 3. The maximum atomic E-state index is 12.7. The van der Waals surface area contributed by atoms with E-state index in [1.54, 1.807) is 0 Å². The topological polar surface area (TPSA) is 67.1 Å². The second-order valence-corrected chi connectivity index (χ2v) is 6.62. The van der Waals surface area contributed by atoms with Gasteiger partial charge in [0, 0.05) is 31.9 Å². The Morgan fingerprint density at radius 3 is 2.85 bits per heavy atom. The molecule has 2 aromatic heterocycles. The Labute approximate surface area is 153 Å². The van der Waals surface area contributed by atoms with E-state index in [1.807, 2.05) is 23.1 Å². The zero-order chi connectivity index (χ0) is 18.9. The van der Waals surface area contributed by atoms with Gasteiger partial charge in [-0.25, -0.2) is 9.61 Å².